The van der Waals surface area contributed by atoms with E-state index in [1.165, 1.54) is 55.5 Å². The van der Waals surface area contributed by atoms with Crippen molar-refractivity contribution in [3.8, 4) is 0 Å². The van der Waals surface area contributed by atoms with Crippen molar-refractivity contribution in [1.29, 1.82) is 0 Å². The van der Waals surface area contributed by atoms with E-state index in [0.717, 1.165) is 0 Å². The third-order valence-corrected chi connectivity index (χ3v) is 9.30. The van der Waals surface area contributed by atoms with Crippen LogP contribution >= 0.6 is 23.1 Å². The molecule has 0 amide bonds. The first-order valence-corrected chi connectivity index (χ1v) is 13.1. The molecule has 0 nitrogen and oxygen atoms in total. The molecule has 5 heteroatoms. The number of hydrogen-bond donors (Lipinski definition) is 0. The number of aryl methyl sites for hydroxylation is 1. The average Bonchev–Trinajstić information content (AvgIpc) is 3.46. The van der Waals surface area contributed by atoms with E-state index in [-0.39, 0.29) is 24.8 Å². The molecule has 3 aliphatic rings. The van der Waals surface area contributed by atoms with Gasteiger partial charge in [0.25, 0.3) is 0 Å². The molecule has 1 aromatic carbocycles. The van der Waals surface area contributed by atoms with Crippen molar-refractivity contribution in [3.63, 3.8) is 0 Å². The Hall–Kier alpha value is -0.307. The summed E-state index contributed by atoms with van der Waals surface area (Å²) < 4.78 is 0.626. The minimum atomic E-state index is 0. The fourth-order valence-corrected chi connectivity index (χ4v) is 7.48. The van der Waals surface area contributed by atoms with E-state index in [1.54, 1.807) is 24.7 Å². The maximum Gasteiger partial charge on any atom is -1.00 e. The maximum atomic E-state index is 2.39. The summed E-state index contributed by atoms with van der Waals surface area (Å²) in [6.07, 6.45) is 15.0. The first kappa shape index (κ1) is 25.9. The van der Waals surface area contributed by atoms with Crippen LogP contribution in [0.1, 0.15) is 51.2 Å². The molecule has 0 spiro atoms. The van der Waals surface area contributed by atoms with Crippen LogP contribution in [0.15, 0.2) is 70.5 Å². The van der Waals surface area contributed by atoms with E-state index in [4.69, 9.17) is 0 Å². The van der Waals surface area contributed by atoms with Crippen molar-refractivity contribution in [2.45, 2.75) is 36.7 Å². The van der Waals surface area contributed by atoms with Crippen LogP contribution in [-0.2, 0) is 31.1 Å². The van der Waals surface area contributed by atoms with Crippen molar-refractivity contribution in [2.75, 3.05) is 0 Å². The van der Waals surface area contributed by atoms with Crippen LogP contribution in [0.2, 0.25) is 0 Å². The molecule has 0 saturated heterocycles. The van der Waals surface area contributed by atoms with Crippen LogP contribution in [0, 0.1) is 5.92 Å². The summed E-state index contributed by atoms with van der Waals surface area (Å²) in [4.78, 5) is 6.03. The zero-order chi connectivity index (χ0) is 19.5. The number of hydrogen-bond acceptors (Lipinski definition) is 2. The summed E-state index contributed by atoms with van der Waals surface area (Å²) in [7, 11) is 0. The maximum absolute atomic E-state index is 2.39. The second kappa shape index (κ2) is 12.1. The Labute approximate surface area is 216 Å². The van der Waals surface area contributed by atoms with Crippen LogP contribution in [0.5, 0.6) is 0 Å². The number of thioether (sulfide) groups is 1. The Balaban J connectivity index is 0.000000229. The fourth-order valence-electron chi connectivity index (χ4n) is 3.74. The van der Waals surface area contributed by atoms with Gasteiger partial charge in [0, 0.05) is 10.8 Å². The molecular formula is C25H25Cl2S2Zr. The molecule has 155 valence electrons. The summed E-state index contributed by atoms with van der Waals surface area (Å²) in [5.41, 5.74) is 4.46. The minimum absolute atomic E-state index is 0. The van der Waals surface area contributed by atoms with E-state index in [2.05, 4.69) is 80.6 Å². The molecule has 2 atom stereocenters. The summed E-state index contributed by atoms with van der Waals surface area (Å²) in [6.45, 7) is 4.46. The number of thiophene rings is 1. The van der Waals surface area contributed by atoms with Gasteiger partial charge in [-0.1, -0.05) is 43.0 Å². The molecule has 0 fully saturated rings. The van der Waals surface area contributed by atoms with Crippen molar-refractivity contribution in [3.05, 3.63) is 91.4 Å². The van der Waals surface area contributed by atoms with Gasteiger partial charge in [-0.15, -0.1) is 0 Å². The van der Waals surface area contributed by atoms with Crippen LogP contribution in [0.25, 0.3) is 11.6 Å². The van der Waals surface area contributed by atoms with Crippen molar-refractivity contribution >= 4 is 34.7 Å². The number of halogens is 2. The van der Waals surface area contributed by atoms with Gasteiger partial charge in [-0.3, -0.25) is 0 Å². The first-order chi connectivity index (χ1) is 13.7. The molecule has 2 unspecified atom stereocenters. The van der Waals surface area contributed by atoms with Gasteiger partial charge < -0.3 is 24.8 Å². The molecule has 1 aromatic heterocycles. The van der Waals surface area contributed by atoms with Gasteiger partial charge in [0.05, 0.1) is 0 Å². The van der Waals surface area contributed by atoms with Crippen molar-refractivity contribution < 1.29 is 49.5 Å². The smallest absolute Gasteiger partial charge is 1.00 e. The van der Waals surface area contributed by atoms with E-state index in [1.807, 2.05) is 23.1 Å². The van der Waals surface area contributed by atoms with Crippen LogP contribution in [0.3, 0.4) is 0 Å². The Kier molecular flexibility index (Phi) is 10.4. The fraction of sp³-hybridized carbons (Fsp3) is 0.280. The number of allylic oxidation sites excluding steroid dienone is 7. The van der Waals surface area contributed by atoms with Crippen LogP contribution < -0.4 is 24.8 Å². The van der Waals surface area contributed by atoms with Gasteiger partial charge in [0.1, 0.15) is 0 Å². The van der Waals surface area contributed by atoms with Crippen molar-refractivity contribution in [2.24, 2.45) is 5.92 Å². The zero-order valence-electron chi connectivity index (χ0n) is 17.2. The molecular weight excluding hydrogens is 527 g/mol. The van der Waals surface area contributed by atoms with E-state index in [9.17, 15) is 0 Å². The van der Waals surface area contributed by atoms with Gasteiger partial charge in [0.2, 0.25) is 0 Å². The van der Waals surface area contributed by atoms with Gasteiger partial charge >= 0.3 is 128 Å². The third kappa shape index (κ3) is 5.73. The van der Waals surface area contributed by atoms with Gasteiger partial charge in [0.15, 0.2) is 0 Å². The van der Waals surface area contributed by atoms with Gasteiger partial charge in [-0.2, -0.15) is 0 Å². The van der Waals surface area contributed by atoms with E-state index < -0.39 is 0 Å². The Morgan fingerprint density at radius 3 is 2.53 bits per heavy atom. The molecule has 0 bridgehead atoms. The Morgan fingerprint density at radius 2 is 1.83 bits per heavy atom. The molecule has 2 heterocycles. The normalized spacial score (nSPS) is 20.1. The topological polar surface area (TPSA) is 0 Å². The summed E-state index contributed by atoms with van der Waals surface area (Å²) in [5.74, 6) is 0.639. The predicted octanol–water partition coefficient (Wildman–Crippen LogP) is 1.95. The molecule has 30 heavy (non-hydrogen) atoms. The molecule has 1 aliphatic heterocycles. The van der Waals surface area contributed by atoms with E-state index in [0.29, 0.717) is 9.54 Å². The Morgan fingerprint density at radius 1 is 1.03 bits per heavy atom. The van der Waals surface area contributed by atoms with Crippen molar-refractivity contribution in [1.82, 2.24) is 0 Å². The zero-order valence-corrected chi connectivity index (χ0v) is 22.8. The quantitative estimate of drug-likeness (QED) is 0.560. The van der Waals surface area contributed by atoms with Crippen LogP contribution in [0.4, 0.5) is 0 Å². The Bertz CT molecular complexity index is 985. The summed E-state index contributed by atoms with van der Waals surface area (Å²) in [5, 5.41) is 0. The molecule has 5 rings (SSSR count). The number of benzene rings is 1. The molecule has 2 aromatic rings. The van der Waals surface area contributed by atoms with Gasteiger partial charge in [-0.25, -0.2) is 0 Å². The van der Waals surface area contributed by atoms with Gasteiger partial charge in [-0.05, 0) is 11.3 Å². The SMILES string of the molecule is CCC1=CC2C=CC=C2S1.CCCc1ccc(C2=Cc3ccccc3[CH]2[Zr+2])s1.[Cl-].[Cl-]. The first-order valence-electron chi connectivity index (χ1n) is 10.1. The monoisotopic (exact) mass is 549 g/mol. The average molecular weight is 552 g/mol. The standard InChI is InChI=1S/C16H15S.C9H10S.2ClH.Zr/c1-2-5-15-8-9-16(17-15)14-10-12-6-3-4-7-13(12)11-14;1-2-8-6-7-4-3-5-9(7)10-8;;;/h3-4,6-11H,2,5H2,1H3;3-7H,2H2,1H3;2*1H;/q;;;;+2/p-2. The molecule has 0 N–H and O–H groups in total. The number of fused-ring (bicyclic) bond motifs is 2. The molecule has 2 aliphatic carbocycles. The second-order valence-corrected chi connectivity index (χ2v) is 11.0. The number of rotatable bonds is 4. The largest absolute Gasteiger partial charge is 1.00 e. The predicted molar refractivity (Wildman–Crippen MR) is 122 cm³/mol. The summed E-state index contributed by atoms with van der Waals surface area (Å²) in [6, 6.07) is 13.4. The van der Waals surface area contributed by atoms with Crippen LogP contribution in [-0.4, -0.2) is 0 Å². The second-order valence-electron chi connectivity index (χ2n) is 7.25. The molecule has 0 saturated carbocycles. The summed E-state index contributed by atoms with van der Waals surface area (Å²) >= 11 is 5.51. The van der Waals surface area contributed by atoms with E-state index >= 15 is 0 Å². The minimum Gasteiger partial charge on any atom is -1.00 e. The third-order valence-electron chi connectivity index (χ3n) is 5.24. The molecule has 0 radical (unpaired) electrons.